The van der Waals surface area contributed by atoms with Gasteiger partial charge in [0.1, 0.15) is 0 Å². The van der Waals surface area contributed by atoms with E-state index in [4.69, 9.17) is 0 Å². The zero-order chi connectivity index (χ0) is 16.9. The first-order valence-corrected chi connectivity index (χ1v) is 8.78. The number of nitrogens with zero attached hydrogens (tertiary/aromatic N) is 2. The Kier molecular flexibility index (Phi) is 5.11. The summed E-state index contributed by atoms with van der Waals surface area (Å²) in [5.41, 5.74) is 1.98. The van der Waals surface area contributed by atoms with Crippen LogP contribution in [0.3, 0.4) is 0 Å². The second-order valence-electron chi connectivity index (χ2n) is 5.56. The lowest BCUT2D eigenvalue weighted by atomic mass is 10.2. The molecule has 1 aromatic heterocycles. The predicted molar refractivity (Wildman–Crippen MR) is 98.7 cm³/mol. The quantitative estimate of drug-likeness (QED) is 0.634. The van der Waals surface area contributed by atoms with Gasteiger partial charge in [-0.25, -0.2) is 4.79 Å². The van der Waals surface area contributed by atoms with Crippen molar-refractivity contribution in [2.24, 2.45) is 0 Å². The Morgan fingerprint density at radius 1 is 0.792 bits per heavy atom. The highest BCUT2D eigenvalue weighted by molar-refractivity contribution is 9.08. The van der Waals surface area contributed by atoms with E-state index in [1.807, 2.05) is 60.7 Å². The molecule has 0 amide bonds. The summed E-state index contributed by atoms with van der Waals surface area (Å²) < 4.78 is 2.89. The third kappa shape index (κ3) is 3.57. The summed E-state index contributed by atoms with van der Waals surface area (Å²) in [7, 11) is 0. The summed E-state index contributed by atoms with van der Waals surface area (Å²) >= 11 is 3.34. The van der Waals surface area contributed by atoms with Crippen LogP contribution in [0.15, 0.2) is 76.4 Å². The van der Waals surface area contributed by atoms with Crippen molar-refractivity contribution < 1.29 is 0 Å². The van der Waals surface area contributed by atoms with Gasteiger partial charge in [0.15, 0.2) is 0 Å². The van der Waals surface area contributed by atoms with Crippen LogP contribution in [0, 0.1) is 0 Å². The molecule has 122 valence electrons. The number of alkyl halides is 1. The van der Waals surface area contributed by atoms with Crippen LogP contribution in [-0.2, 0) is 18.4 Å². The summed E-state index contributed by atoms with van der Waals surface area (Å²) in [6.45, 7) is 0.711. The van der Waals surface area contributed by atoms with E-state index < -0.39 is 0 Å². The van der Waals surface area contributed by atoms with Crippen LogP contribution in [0.2, 0.25) is 0 Å². The molecule has 4 nitrogen and oxygen atoms in total. The van der Waals surface area contributed by atoms with Crippen LogP contribution in [0.1, 0.15) is 16.7 Å². The predicted octanol–water partition coefficient (Wildman–Crippen LogP) is 3.00. The first kappa shape index (κ1) is 16.5. The summed E-state index contributed by atoms with van der Waals surface area (Å²) in [5, 5.41) is 0.412. The van der Waals surface area contributed by atoms with Crippen LogP contribution in [0.25, 0.3) is 0 Å². The molecule has 0 saturated heterocycles. The molecule has 0 bridgehead atoms. The van der Waals surface area contributed by atoms with E-state index >= 15 is 0 Å². The normalized spacial score (nSPS) is 10.7. The molecule has 3 rings (SSSR count). The van der Waals surface area contributed by atoms with E-state index in [2.05, 4.69) is 15.9 Å². The molecule has 2 aromatic carbocycles. The minimum absolute atomic E-state index is 0.245. The monoisotopic (exact) mass is 384 g/mol. The van der Waals surface area contributed by atoms with Crippen molar-refractivity contribution in [3.8, 4) is 0 Å². The van der Waals surface area contributed by atoms with Gasteiger partial charge < -0.3 is 0 Å². The molecule has 0 aliphatic carbocycles. The van der Waals surface area contributed by atoms with Crippen molar-refractivity contribution in [1.29, 1.82) is 0 Å². The van der Waals surface area contributed by atoms with Crippen LogP contribution in [-0.4, -0.2) is 9.13 Å². The Morgan fingerprint density at radius 2 is 1.33 bits per heavy atom. The molecule has 5 heteroatoms. The average Bonchev–Trinajstić information content (AvgIpc) is 2.63. The highest BCUT2D eigenvalue weighted by Gasteiger charge is 2.11. The Bertz CT molecular complexity index is 931. The molecule has 0 aliphatic heterocycles. The van der Waals surface area contributed by atoms with E-state index in [-0.39, 0.29) is 17.8 Å². The second kappa shape index (κ2) is 7.45. The van der Waals surface area contributed by atoms with Gasteiger partial charge in [-0.3, -0.25) is 13.9 Å². The first-order chi connectivity index (χ1) is 11.7. The Morgan fingerprint density at radius 3 is 1.88 bits per heavy atom. The molecule has 3 aromatic rings. The fourth-order valence-electron chi connectivity index (χ4n) is 2.60. The first-order valence-electron chi connectivity index (χ1n) is 7.66. The summed E-state index contributed by atoms with van der Waals surface area (Å²) in [4.78, 5) is 25.3. The van der Waals surface area contributed by atoms with Crippen LogP contribution >= 0.6 is 15.9 Å². The summed E-state index contributed by atoms with van der Waals surface area (Å²) in [6.07, 6.45) is 1.65. The van der Waals surface area contributed by atoms with Gasteiger partial charge in [0, 0.05) is 17.1 Å². The molecule has 0 radical (unpaired) electrons. The molecule has 0 N–H and O–H groups in total. The summed E-state index contributed by atoms with van der Waals surface area (Å²) in [5.74, 6) is 0. The number of rotatable bonds is 5. The maximum absolute atomic E-state index is 12.8. The smallest absolute Gasteiger partial charge is 0.296 e. The van der Waals surface area contributed by atoms with Gasteiger partial charge in [0.25, 0.3) is 5.56 Å². The number of halogens is 1. The van der Waals surface area contributed by atoms with Crippen molar-refractivity contribution in [3.05, 3.63) is 104 Å². The topological polar surface area (TPSA) is 44.0 Å². The van der Waals surface area contributed by atoms with Crippen LogP contribution in [0.5, 0.6) is 0 Å². The Balaban J connectivity index is 2.06. The third-order valence-corrected chi connectivity index (χ3v) is 4.44. The minimum Gasteiger partial charge on any atom is -0.296 e. The second-order valence-corrected chi connectivity index (χ2v) is 6.12. The third-order valence-electron chi connectivity index (χ3n) is 3.83. The molecular weight excluding hydrogens is 368 g/mol. The molecular formula is C19H17BrN2O2. The van der Waals surface area contributed by atoms with E-state index in [0.717, 1.165) is 11.1 Å². The van der Waals surface area contributed by atoms with Gasteiger partial charge in [-0.05, 0) is 11.1 Å². The zero-order valence-electron chi connectivity index (χ0n) is 13.1. The number of aromatic nitrogens is 2. The fourth-order valence-corrected chi connectivity index (χ4v) is 2.99. The molecule has 0 atom stereocenters. The Labute approximate surface area is 148 Å². The summed E-state index contributed by atoms with van der Waals surface area (Å²) in [6, 6.07) is 19.3. The van der Waals surface area contributed by atoms with E-state index in [0.29, 0.717) is 17.4 Å². The van der Waals surface area contributed by atoms with Gasteiger partial charge >= 0.3 is 5.69 Å². The maximum Gasteiger partial charge on any atom is 0.331 e. The lowest BCUT2D eigenvalue weighted by Gasteiger charge is -2.12. The maximum atomic E-state index is 12.8. The van der Waals surface area contributed by atoms with Gasteiger partial charge in [-0.2, -0.15) is 0 Å². The standard InChI is InChI=1S/C19H17BrN2O2/c20-11-17-14-21(12-15-7-3-1-4-8-15)19(24)22(18(17)23)13-16-9-5-2-6-10-16/h1-10,14H,11-13H2. The SMILES string of the molecule is O=c1c(CBr)cn(Cc2ccccc2)c(=O)n1Cc1ccccc1. The molecule has 0 unspecified atom stereocenters. The van der Waals surface area contributed by atoms with Gasteiger partial charge in [0.05, 0.1) is 13.1 Å². The van der Waals surface area contributed by atoms with E-state index in [9.17, 15) is 9.59 Å². The Hall–Kier alpha value is -2.40. The molecule has 1 heterocycles. The van der Waals surface area contributed by atoms with Crippen molar-refractivity contribution >= 4 is 15.9 Å². The lowest BCUT2D eigenvalue weighted by Crippen LogP contribution is -2.41. The molecule has 0 aliphatic rings. The van der Waals surface area contributed by atoms with Gasteiger partial charge in [0.2, 0.25) is 0 Å². The lowest BCUT2D eigenvalue weighted by molar-refractivity contribution is 0.605. The zero-order valence-corrected chi connectivity index (χ0v) is 14.6. The number of hydrogen-bond acceptors (Lipinski definition) is 2. The fraction of sp³-hybridized carbons (Fsp3) is 0.158. The molecule has 24 heavy (non-hydrogen) atoms. The largest absolute Gasteiger partial charge is 0.331 e. The van der Waals surface area contributed by atoms with Gasteiger partial charge in [-0.1, -0.05) is 76.6 Å². The van der Waals surface area contributed by atoms with Crippen LogP contribution in [0.4, 0.5) is 0 Å². The molecule has 0 spiro atoms. The highest BCUT2D eigenvalue weighted by atomic mass is 79.9. The molecule has 0 saturated carbocycles. The average molecular weight is 385 g/mol. The van der Waals surface area contributed by atoms with E-state index in [1.165, 1.54) is 4.57 Å². The van der Waals surface area contributed by atoms with E-state index in [1.54, 1.807) is 10.8 Å². The van der Waals surface area contributed by atoms with Crippen molar-refractivity contribution in [2.75, 3.05) is 0 Å². The number of benzene rings is 2. The number of hydrogen-bond donors (Lipinski definition) is 0. The minimum atomic E-state index is -0.294. The van der Waals surface area contributed by atoms with Gasteiger partial charge in [-0.15, -0.1) is 0 Å². The highest BCUT2D eigenvalue weighted by Crippen LogP contribution is 2.04. The van der Waals surface area contributed by atoms with Crippen molar-refractivity contribution in [2.45, 2.75) is 18.4 Å². The van der Waals surface area contributed by atoms with Crippen molar-refractivity contribution in [3.63, 3.8) is 0 Å². The van der Waals surface area contributed by atoms with Crippen molar-refractivity contribution in [1.82, 2.24) is 9.13 Å². The molecule has 0 fully saturated rings. The van der Waals surface area contributed by atoms with Crippen LogP contribution < -0.4 is 11.2 Å².